The summed E-state index contributed by atoms with van der Waals surface area (Å²) < 4.78 is 4.53. The molecule has 0 amide bonds. The van der Waals surface area contributed by atoms with Gasteiger partial charge in [-0.3, -0.25) is 9.59 Å². The number of ketones is 1. The van der Waals surface area contributed by atoms with Crippen molar-refractivity contribution in [2.45, 2.75) is 31.1 Å². The topological polar surface area (TPSA) is 43.4 Å². The standard InChI is InChI=1S/C14H17ClO3S/c1-3-8-19-13-6-4-10(15)9-11(13)12(16)5-7-14(17)18-2/h4,6,9H,3,5,7-8H2,1-2H3. The van der Waals surface area contributed by atoms with Gasteiger partial charge in [0.1, 0.15) is 0 Å². The molecule has 1 aromatic rings. The molecule has 0 heterocycles. The van der Waals surface area contributed by atoms with E-state index in [1.165, 1.54) is 7.11 Å². The van der Waals surface area contributed by atoms with E-state index in [4.69, 9.17) is 11.6 Å². The first kappa shape index (κ1) is 16.1. The molecule has 1 rings (SSSR count). The molecule has 0 aromatic heterocycles. The highest BCUT2D eigenvalue weighted by molar-refractivity contribution is 7.99. The van der Waals surface area contributed by atoms with Crippen LogP contribution in [-0.2, 0) is 9.53 Å². The highest BCUT2D eigenvalue weighted by atomic mass is 35.5. The number of hydrogen-bond donors (Lipinski definition) is 0. The van der Waals surface area contributed by atoms with Gasteiger partial charge in [0.15, 0.2) is 5.78 Å². The molecule has 5 heteroatoms. The minimum Gasteiger partial charge on any atom is -0.469 e. The van der Waals surface area contributed by atoms with Gasteiger partial charge in [0.25, 0.3) is 0 Å². The minimum absolute atomic E-state index is 0.0773. The summed E-state index contributed by atoms with van der Waals surface area (Å²) >= 11 is 7.56. The van der Waals surface area contributed by atoms with Crippen LogP contribution in [0.1, 0.15) is 36.5 Å². The number of halogens is 1. The van der Waals surface area contributed by atoms with Crippen LogP contribution >= 0.6 is 23.4 Å². The summed E-state index contributed by atoms with van der Waals surface area (Å²) in [7, 11) is 1.31. The van der Waals surface area contributed by atoms with E-state index >= 15 is 0 Å². The van der Waals surface area contributed by atoms with Crippen molar-refractivity contribution in [1.29, 1.82) is 0 Å². The van der Waals surface area contributed by atoms with Gasteiger partial charge in [-0.1, -0.05) is 18.5 Å². The van der Waals surface area contributed by atoms with E-state index < -0.39 is 0 Å². The number of hydrogen-bond acceptors (Lipinski definition) is 4. The van der Waals surface area contributed by atoms with Gasteiger partial charge in [0, 0.05) is 21.9 Å². The second-order valence-electron chi connectivity index (χ2n) is 3.99. The largest absolute Gasteiger partial charge is 0.469 e. The van der Waals surface area contributed by atoms with E-state index in [0.29, 0.717) is 10.6 Å². The summed E-state index contributed by atoms with van der Waals surface area (Å²) in [5.74, 6) is 0.489. The summed E-state index contributed by atoms with van der Waals surface area (Å²) in [6.45, 7) is 2.08. The molecule has 3 nitrogen and oxygen atoms in total. The van der Waals surface area contributed by atoms with Gasteiger partial charge in [-0.05, 0) is 30.4 Å². The molecule has 0 saturated heterocycles. The smallest absolute Gasteiger partial charge is 0.305 e. The normalized spacial score (nSPS) is 10.3. The number of carbonyl (C=O) groups is 2. The fourth-order valence-electron chi connectivity index (χ4n) is 1.51. The molecule has 0 aliphatic heterocycles. The van der Waals surface area contributed by atoms with Crippen LogP contribution in [0.5, 0.6) is 0 Å². The van der Waals surface area contributed by atoms with Crippen LogP contribution in [0.25, 0.3) is 0 Å². The Hall–Kier alpha value is -1.00. The first-order chi connectivity index (χ1) is 9.08. The summed E-state index contributed by atoms with van der Waals surface area (Å²) in [4.78, 5) is 24.1. The molecule has 0 radical (unpaired) electrons. The zero-order chi connectivity index (χ0) is 14.3. The quantitative estimate of drug-likeness (QED) is 0.434. The van der Waals surface area contributed by atoms with Crippen LogP contribution in [0.4, 0.5) is 0 Å². The Morgan fingerprint density at radius 1 is 1.32 bits per heavy atom. The number of esters is 1. The maximum atomic E-state index is 12.1. The lowest BCUT2D eigenvalue weighted by molar-refractivity contribution is -0.140. The molecule has 0 unspecified atom stereocenters. The lowest BCUT2D eigenvalue weighted by Gasteiger charge is -2.08. The Bertz CT molecular complexity index is 460. The van der Waals surface area contributed by atoms with E-state index in [1.54, 1.807) is 23.9 Å². The van der Waals surface area contributed by atoms with Crippen molar-refractivity contribution in [2.75, 3.05) is 12.9 Å². The minimum atomic E-state index is -0.377. The first-order valence-corrected chi connectivity index (χ1v) is 7.47. The van der Waals surface area contributed by atoms with Gasteiger partial charge in [-0.15, -0.1) is 11.8 Å². The second kappa shape index (κ2) is 8.23. The Morgan fingerprint density at radius 3 is 2.68 bits per heavy atom. The SMILES string of the molecule is CCCSc1ccc(Cl)cc1C(=O)CCC(=O)OC. The Balaban J connectivity index is 2.81. The average molecular weight is 301 g/mol. The van der Waals surface area contributed by atoms with Crippen molar-refractivity contribution in [2.24, 2.45) is 0 Å². The van der Waals surface area contributed by atoms with Crippen LogP contribution in [0.15, 0.2) is 23.1 Å². The summed E-state index contributed by atoms with van der Waals surface area (Å²) in [5.41, 5.74) is 0.592. The number of carbonyl (C=O) groups excluding carboxylic acids is 2. The molecule has 19 heavy (non-hydrogen) atoms. The van der Waals surface area contributed by atoms with Crippen molar-refractivity contribution in [3.8, 4) is 0 Å². The third-order valence-electron chi connectivity index (χ3n) is 2.49. The first-order valence-electron chi connectivity index (χ1n) is 6.10. The number of Topliss-reactive ketones (excluding diaryl/α,β-unsaturated/α-hetero) is 1. The van der Waals surface area contributed by atoms with Crippen molar-refractivity contribution < 1.29 is 14.3 Å². The van der Waals surface area contributed by atoms with Crippen LogP contribution in [0.2, 0.25) is 5.02 Å². The van der Waals surface area contributed by atoms with Crippen molar-refractivity contribution >= 4 is 35.1 Å². The molecule has 104 valence electrons. The third-order valence-corrected chi connectivity index (χ3v) is 4.00. The Kier molecular flexibility index (Phi) is 6.95. The maximum Gasteiger partial charge on any atom is 0.305 e. The average Bonchev–Trinajstić information content (AvgIpc) is 2.42. The zero-order valence-electron chi connectivity index (χ0n) is 11.1. The maximum absolute atomic E-state index is 12.1. The number of benzene rings is 1. The molecule has 0 N–H and O–H groups in total. The Labute approximate surface area is 122 Å². The van der Waals surface area contributed by atoms with E-state index in [9.17, 15) is 9.59 Å². The van der Waals surface area contributed by atoms with E-state index in [0.717, 1.165) is 17.1 Å². The van der Waals surface area contributed by atoms with Gasteiger partial charge < -0.3 is 4.74 Å². The highest BCUT2D eigenvalue weighted by Crippen LogP contribution is 2.27. The molecule has 0 aliphatic rings. The van der Waals surface area contributed by atoms with Gasteiger partial charge >= 0.3 is 5.97 Å². The lowest BCUT2D eigenvalue weighted by Crippen LogP contribution is -2.07. The summed E-state index contributed by atoms with van der Waals surface area (Å²) in [6.07, 6.45) is 1.27. The van der Waals surface area contributed by atoms with E-state index in [2.05, 4.69) is 11.7 Å². The number of ether oxygens (including phenoxy) is 1. The molecule has 0 aliphatic carbocycles. The fourth-order valence-corrected chi connectivity index (χ4v) is 2.60. The number of thioether (sulfide) groups is 1. The van der Waals surface area contributed by atoms with Gasteiger partial charge in [0.05, 0.1) is 13.5 Å². The second-order valence-corrected chi connectivity index (χ2v) is 5.56. The van der Waals surface area contributed by atoms with Crippen LogP contribution < -0.4 is 0 Å². The number of rotatable bonds is 7. The van der Waals surface area contributed by atoms with Crippen LogP contribution in [0, 0.1) is 0 Å². The molecular weight excluding hydrogens is 284 g/mol. The molecule has 1 aromatic carbocycles. The molecule has 0 spiro atoms. The van der Waals surface area contributed by atoms with Gasteiger partial charge in [-0.2, -0.15) is 0 Å². The summed E-state index contributed by atoms with van der Waals surface area (Å²) in [6, 6.07) is 5.30. The van der Waals surface area contributed by atoms with E-state index in [1.807, 2.05) is 6.07 Å². The zero-order valence-corrected chi connectivity index (χ0v) is 12.6. The van der Waals surface area contributed by atoms with E-state index in [-0.39, 0.29) is 24.6 Å². The highest BCUT2D eigenvalue weighted by Gasteiger charge is 2.14. The molecule has 0 fully saturated rings. The predicted molar refractivity (Wildman–Crippen MR) is 78.0 cm³/mol. The van der Waals surface area contributed by atoms with Crippen molar-refractivity contribution in [3.63, 3.8) is 0 Å². The third kappa shape index (κ3) is 5.25. The monoisotopic (exact) mass is 300 g/mol. The van der Waals surface area contributed by atoms with Gasteiger partial charge in [-0.25, -0.2) is 0 Å². The predicted octanol–water partition coefficient (Wildman–Crippen LogP) is 3.98. The molecule has 0 bridgehead atoms. The fraction of sp³-hybridized carbons (Fsp3) is 0.429. The lowest BCUT2D eigenvalue weighted by atomic mass is 10.1. The molecule has 0 saturated carbocycles. The van der Waals surface area contributed by atoms with Crippen LogP contribution in [-0.4, -0.2) is 24.6 Å². The molecular formula is C14H17ClO3S. The van der Waals surface area contributed by atoms with Crippen LogP contribution in [0.3, 0.4) is 0 Å². The van der Waals surface area contributed by atoms with Gasteiger partial charge in [0.2, 0.25) is 0 Å². The molecule has 0 atom stereocenters. The van der Waals surface area contributed by atoms with Crippen molar-refractivity contribution in [3.05, 3.63) is 28.8 Å². The Morgan fingerprint density at radius 2 is 2.05 bits per heavy atom. The van der Waals surface area contributed by atoms with Crippen molar-refractivity contribution in [1.82, 2.24) is 0 Å². The number of methoxy groups -OCH3 is 1. The summed E-state index contributed by atoms with van der Waals surface area (Å²) in [5, 5.41) is 0.530.